The number of rotatable bonds is 4. The average molecular weight is 372 g/mol. The van der Waals surface area contributed by atoms with Crippen LogP contribution in [0.15, 0.2) is 36.7 Å². The number of anilines is 1. The fourth-order valence-corrected chi connectivity index (χ4v) is 3.30. The lowest BCUT2D eigenvalue weighted by molar-refractivity contribution is -0.128. The van der Waals surface area contributed by atoms with Gasteiger partial charge in [-0.1, -0.05) is 35.5 Å². The number of carbonyl (C=O) groups excluding carboxylic acids is 1. The Morgan fingerprint density at radius 3 is 2.58 bits per heavy atom. The molecule has 0 radical (unpaired) electrons. The summed E-state index contributed by atoms with van der Waals surface area (Å²) in [6.07, 6.45) is 1.54. The van der Waals surface area contributed by atoms with Gasteiger partial charge in [0.2, 0.25) is 5.91 Å². The van der Waals surface area contributed by atoms with Crippen molar-refractivity contribution in [2.75, 3.05) is 37.0 Å². The van der Waals surface area contributed by atoms with E-state index in [1.54, 1.807) is 15.9 Å². The Hall–Kier alpha value is -2.74. The normalized spacial score (nSPS) is 14.8. The quantitative estimate of drug-likeness (QED) is 0.640. The van der Waals surface area contributed by atoms with Crippen LogP contribution in [0.2, 0.25) is 0 Å². The Morgan fingerprint density at radius 1 is 1.08 bits per heavy atom. The molecule has 134 valence electrons. The van der Waals surface area contributed by atoms with Gasteiger partial charge in [0, 0.05) is 26.2 Å². The molecule has 3 heterocycles. The molecule has 0 atom stereocenters. The number of alkyl halides is 1. The number of aromatic nitrogens is 5. The highest BCUT2D eigenvalue weighted by Gasteiger charge is 2.24. The summed E-state index contributed by atoms with van der Waals surface area (Å²) in [7, 11) is 0. The van der Waals surface area contributed by atoms with Crippen LogP contribution in [-0.2, 0) is 11.3 Å². The maximum Gasteiger partial charge on any atom is 0.237 e. The second kappa shape index (κ2) is 7.25. The molecule has 2 aromatic heterocycles. The van der Waals surface area contributed by atoms with Crippen LogP contribution >= 0.6 is 11.6 Å². The van der Waals surface area contributed by atoms with Gasteiger partial charge in [0.1, 0.15) is 12.2 Å². The number of benzene rings is 1. The third-order valence-electron chi connectivity index (χ3n) is 4.50. The van der Waals surface area contributed by atoms with Crippen molar-refractivity contribution in [2.45, 2.75) is 6.54 Å². The number of carbonyl (C=O) groups is 1. The topological polar surface area (TPSA) is 80.0 Å². The number of hydrogen-bond donors (Lipinski definition) is 0. The second-order valence-corrected chi connectivity index (χ2v) is 6.37. The van der Waals surface area contributed by atoms with Crippen molar-refractivity contribution < 1.29 is 4.79 Å². The lowest BCUT2D eigenvalue weighted by Gasteiger charge is -2.35. The molecular formula is C17H18ClN7O. The Balaban J connectivity index is 1.57. The highest BCUT2D eigenvalue weighted by Crippen LogP contribution is 2.22. The number of fused-ring (bicyclic) bond motifs is 1. The van der Waals surface area contributed by atoms with Gasteiger partial charge in [-0.05, 0) is 5.56 Å². The Kier molecular flexibility index (Phi) is 4.66. The van der Waals surface area contributed by atoms with E-state index < -0.39 is 0 Å². The third-order valence-corrected chi connectivity index (χ3v) is 4.73. The summed E-state index contributed by atoms with van der Waals surface area (Å²) < 4.78 is 1.78. The highest BCUT2D eigenvalue weighted by molar-refractivity contribution is 6.27. The van der Waals surface area contributed by atoms with Gasteiger partial charge in [-0.2, -0.15) is 0 Å². The maximum atomic E-state index is 11.7. The fraction of sp³-hybridized carbons (Fsp3) is 0.353. The maximum absolute atomic E-state index is 11.7. The predicted molar refractivity (Wildman–Crippen MR) is 98.2 cm³/mol. The molecule has 26 heavy (non-hydrogen) atoms. The van der Waals surface area contributed by atoms with Crippen LogP contribution in [0.3, 0.4) is 0 Å². The van der Waals surface area contributed by atoms with E-state index in [0.717, 1.165) is 11.4 Å². The molecular weight excluding hydrogens is 354 g/mol. The van der Waals surface area contributed by atoms with Gasteiger partial charge in [-0.3, -0.25) is 4.79 Å². The van der Waals surface area contributed by atoms with Crippen molar-refractivity contribution in [3.05, 3.63) is 42.2 Å². The van der Waals surface area contributed by atoms with Crippen molar-refractivity contribution in [2.24, 2.45) is 0 Å². The van der Waals surface area contributed by atoms with Gasteiger partial charge in [-0.25, -0.2) is 14.6 Å². The summed E-state index contributed by atoms with van der Waals surface area (Å²) in [6.45, 7) is 3.21. The van der Waals surface area contributed by atoms with Gasteiger partial charge in [-0.15, -0.1) is 16.7 Å². The van der Waals surface area contributed by atoms with E-state index in [2.05, 4.69) is 25.2 Å². The lowest BCUT2D eigenvalue weighted by Crippen LogP contribution is -2.49. The summed E-state index contributed by atoms with van der Waals surface area (Å²) in [6, 6.07) is 10.1. The highest BCUT2D eigenvalue weighted by atomic mass is 35.5. The summed E-state index contributed by atoms with van der Waals surface area (Å²) >= 11 is 5.64. The summed E-state index contributed by atoms with van der Waals surface area (Å²) in [5.74, 6) is 0.742. The minimum absolute atomic E-state index is 0.0194. The molecule has 1 saturated heterocycles. The smallest absolute Gasteiger partial charge is 0.237 e. The summed E-state index contributed by atoms with van der Waals surface area (Å²) in [5.41, 5.74) is 2.52. The van der Waals surface area contributed by atoms with Crippen LogP contribution in [-0.4, -0.2) is 67.8 Å². The molecule has 0 unspecified atom stereocenters. The predicted octanol–water partition coefficient (Wildman–Crippen LogP) is 1.16. The SMILES string of the molecule is O=C(CCl)N1CCN(c2ncnc3c2nnn3Cc2ccccc2)CC1. The van der Waals surface area contributed by atoms with E-state index in [1.165, 1.54) is 0 Å². The minimum atomic E-state index is -0.0343. The van der Waals surface area contributed by atoms with Gasteiger partial charge in [0.25, 0.3) is 0 Å². The first-order valence-corrected chi connectivity index (χ1v) is 8.96. The zero-order valence-electron chi connectivity index (χ0n) is 14.1. The van der Waals surface area contributed by atoms with Crippen LogP contribution < -0.4 is 4.90 Å². The molecule has 1 amide bonds. The van der Waals surface area contributed by atoms with Crippen molar-refractivity contribution in [1.29, 1.82) is 0 Å². The van der Waals surface area contributed by atoms with Crippen molar-refractivity contribution in [3.63, 3.8) is 0 Å². The Morgan fingerprint density at radius 2 is 1.85 bits per heavy atom. The number of amides is 1. The number of piperazine rings is 1. The first-order valence-electron chi connectivity index (χ1n) is 8.43. The zero-order valence-corrected chi connectivity index (χ0v) is 14.9. The van der Waals surface area contributed by atoms with E-state index in [4.69, 9.17) is 11.6 Å². The van der Waals surface area contributed by atoms with E-state index in [-0.39, 0.29) is 11.8 Å². The number of halogens is 1. The largest absolute Gasteiger partial charge is 0.351 e. The molecule has 8 nitrogen and oxygen atoms in total. The molecule has 1 aromatic carbocycles. The van der Waals surface area contributed by atoms with Crippen molar-refractivity contribution in [1.82, 2.24) is 29.9 Å². The van der Waals surface area contributed by atoms with E-state index >= 15 is 0 Å². The molecule has 0 N–H and O–H groups in total. The fourth-order valence-electron chi connectivity index (χ4n) is 3.13. The second-order valence-electron chi connectivity index (χ2n) is 6.10. The molecule has 3 aromatic rings. The Labute approximate surface area is 155 Å². The van der Waals surface area contributed by atoms with Gasteiger partial charge in [0.15, 0.2) is 17.0 Å². The van der Waals surface area contributed by atoms with Crippen molar-refractivity contribution >= 4 is 34.5 Å². The molecule has 4 rings (SSSR count). The standard InChI is InChI=1S/C17H18ClN7O/c18-10-14(26)23-6-8-24(9-7-23)16-15-17(20-12-19-16)25(22-21-15)11-13-4-2-1-3-5-13/h1-5,12H,6-11H2. The van der Waals surface area contributed by atoms with Crippen LogP contribution in [0.4, 0.5) is 5.82 Å². The summed E-state index contributed by atoms with van der Waals surface area (Å²) in [5, 5.41) is 8.56. The van der Waals surface area contributed by atoms with E-state index in [9.17, 15) is 4.79 Å². The van der Waals surface area contributed by atoms with Gasteiger partial charge in [0.05, 0.1) is 6.54 Å². The van der Waals surface area contributed by atoms with Crippen LogP contribution in [0, 0.1) is 0 Å². The average Bonchev–Trinajstić information content (AvgIpc) is 3.11. The first kappa shape index (κ1) is 16.7. The van der Waals surface area contributed by atoms with E-state index in [0.29, 0.717) is 43.9 Å². The molecule has 9 heteroatoms. The minimum Gasteiger partial charge on any atom is -0.351 e. The third kappa shape index (κ3) is 3.20. The number of hydrogen-bond acceptors (Lipinski definition) is 6. The molecule has 1 aliphatic heterocycles. The molecule has 1 aliphatic rings. The van der Waals surface area contributed by atoms with Crippen molar-refractivity contribution in [3.8, 4) is 0 Å². The Bertz CT molecular complexity index is 906. The van der Waals surface area contributed by atoms with Gasteiger partial charge < -0.3 is 9.80 Å². The molecule has 0 aliphatic carbocycles. The van der Waals surface area contributed by atoms with Crippen LogP contribution in [0.25, 0.3) is 11.2 Å². The first-order chi connectivity index (χ1) is 12.8. The van der Waals surface area contributed by atoms with Gasteiger partial charge >= 0.3 is 0 Å². The number of nitrogens with zero attached hydrogens (tertiary/aromatic N) is 7. The van der Waals surface area contributed by atoms with E-state index in [1.807, 2.05) is 30.3 Å². The lowest BCUT2D eigenvalue weighted by atomic mass is 10.2. The summed E-state index contributed by atoms with van der Waals surface area (Å²) in [4.78, 5) is 24.4. The van der Waals surface area contributed by atoms with Crippen LogP contribution in [0.5, 0.6) is 0 Å². The zero-order chi connectivity index (χ0) is 17.9. The molecule has 0 saturated carbocycles. The van der Waals surface area contributed by atoms with Crippen LogP contribution in [0.1, 0.15) is 5.56 Å². The molecule has 0 bridgehead atoms. The monoisotopic (exact) mass is 371 g/mol. The molecule has 1 fully saturated rings. The molecule has 0 spiro atoms.